The van der Waals surface area contributed by atoms with E-state index in [1.54, 1.807) is 6.20 Å². The van der Waals surface area contributed by atoms with Crippen molar-refractivity contribution >= 4 is 23.2 Å². The molecule has 0 saturated heterocycles. The summed E-state index contributed by atoms with van der Waals surface area (Å²) in [5.74, 6) is 0.565. The van der Waals surface area contributed by atoms with Crippen LogP contribution >= 0.6 is 11.6 Å². The monoisotopic (exact) mass is 295 g/mol. The Hall–Kier alpha value is -2.39. The summed E-state index contributed by atoms with van der Waals surface area (Å²) < 4.78 is 0. The molecule has 0 saturated carbocycles. The van der Waals surface area contributed by atoms with Crippen molar-refractivity contribution in [2.45, 2.75) is 6.92 Å². The normalized spacial score (nSPS) is 10.4. The predicted octanol–water partition coefficient (Wildman–Crippen LogP) is 4.85. The zero-order chi connectivity index (χ0) is 14.7. The van der Waals surface area contributed by atoms with Crippen molar-refractivity contribution in [1.29, 1.82) is 0 Å². The van der Waals surface area contributed by atoms with Crippen LogP contribution in [-0.4, -0.2) is 9.97 Å². The molecule has 0 spiro atoms. The summed E-state index contributed by atoms with van der Waals surface area (Å²) in [5.41, 5.74) is 4.09. The van der Waals surface area contributed by atoms with Crippen LogP contribution < -0.4 is 5.32 Å². The SMILES string of the molecule is Cc1ccc(-c2ccnc(Nc3ccc(Cl)cc3)n2)cc1. The molecular formula is C17H14ClN3. The maximum atomic E-state index is 5.87. The number of halogens is 1. The maximum Gasteiger partial charge on any atom is 0.227 e. The number of benzene rings is 2. The van der Waals surface area contributed by atoms with E-state index in [2.05, 4.69) is 46.5 Å². The number of hydrogen-bond donors (Lipinski definition) is 1. The van der Waals surface area contributed by atoms with Gasteiger partial charge in [-0.15, -0.1) is 0 Å². The Morgan fingerprint density at radius 2 is 1.62 bits per heavy atom. The largest absolute Gasteiger partial charge is 0.324 e. The first-order valence-electron chi connectivity index (χ1n) is 6.63. The Bertz CT molecular complexity index is 737. The van der Waals surface area contributed by atoms with E-state index in [-0.39, 0.29) is 0 Å². The molecule has 0 unspecified atom stereocenters. The van der Waals surface area contributed by atoms with Crippen LogP contribution in [-0.2, 0) is 0 Å². The summed E-state index contributed by atoms with van der Waals surface area (Å²) >= 11 is 5.87. The molecule has 3 rings (SSSR count). The number of rotatable bonds is 3. The number of nitrogens with one attached hydrogen (secondary N) is 1. The van der Waals surface area contributed by atoms with Gasteiger partial charge in [-0.2, -0.15) is 0 Å². The Morgan fingerprint density at radius 1 is 0.905 bits per heavy atom. The van der Waals surface area contributed by atoms with Crippen LogP contribution in [0, 0.1) is 6.92 Å². The fraction of sp³-hybridized carbons (Fsp3) is 0.0588. The Kier molecular flexibility index (Phi) is 3.84. The van der Waals surface area contributed by atoms with E-state index in [0.717, 1.165) is 16.9 Å². The highest BCUT2D eigenvalue weighted by atomic mass is 35.5. The molecule has 0 aliphatic rings. The van der Waals surface area contributed by atoms with Crippen LogP contribution in [0.1, 0.15) is 5.56 Å². The second-order valence-corrected chi connectivity index (χ2v) is 5.20. The highest BCUT2D eigenvalue weighted by Gasteiger charge is 2.02. The fourth-order valence-corrected chi connectivity index (χ4v) is 2.09. The second-order valence-electron chi connectivity index (χ2n) is 4.76. The van der Waals surface area contributed by atoms with E-state index in [1.165, 1.54) is 5.56 Å². The van der Waals surface area contributed by atoms with E-state index in [0.29, 0.717) is 11.0 Å². The maximum absolute atomic E-state index is 5.87. The van der Waals surface area contributed by atoms with Gasteiger partial charge in [-0.1, -0.05) is 41.4 Å². The topological polar surface area (TPSA) is 37.8 Å². The molecule has 0 aliphatic heterocycles. The van der Waals surface area contributed by atoms with Gasteiger partial charge < -0.3 is 5.32 Å². The van der Waals surface area contributed by atoms with Gasteiger partial charge in [0.25, 0.3) is 0 Å². The minimum absolute atomic E-state index is 0.565. The fourth-order valence-electron chi connectivity index (χ4n) is 1.97. The first kappa shape index (κ1) is 13.6. The zero-order valence-electron chi connectivity index (χ0n) is 11.5. The lowest BCUT2D eigenvalue weighted by Gasteiger charge is -2.07. The van der Waals surface area contributed by atoms with Crippen molar-refractivity contribution in [3.8, 4) is 11.3 Å². The molecule has 0 bridgehead atoms. The first-order valence-corrected chi connectivity index (χ1v) is 7.01. The minimum atomic E-state index is 0.565. The quantitative estimate of drug-likeness (QED) is 0.750. The van der Waals surface area contributed by atoms with Crippen LogP contribution in [0.25, 0.3) is 11.3 Å². The molecule has 0 amide bonds. The summed E-state index contributed by atoms with van der Waals surface area (Å²) in [7, 11) is 0. The van der Waals surface area contributed by atoms with Gasteiger partial charge in [0.2, 0.25) is 5.95 Å². The molecule has 1 N–H and O–H groups in total. The smallest absolute Gasteiger partial charge is 0.227 e. The van der Waals surface area contributed by atoms with Crippen molar-refractivity contribution in [2.75, 3.05) is 5.32 Å². The van der Waals surface area contributed by atoms with Gasteiger partial charge in [-0.05, 0) is 37.3 Å². The van der Waals surface area contributed by atoms with Gasteiger partial charge in [0.05, 0.1) is 5.69 Å². The summed E-state index contributed by atoms with van der Waals surface area (Å²) in [6, 6.07) is 17.6. The number of anilines is 2. The Labute approximate surface area is 128 Å². The molecule has 0 aliphatic carbocycles. The third kappa shape index (κ3) is 3.38. The predicted molar refractivity (Wildman–Crippen MR) is 86.9 cm³/mol. The van der Waals surface area contributed by atoms with Gasteiger partial charge in [0.1, 0.15) is 0 Å². The standard InChI is InChI=1S/C17H14ClN3/c1-12-2-4-13(5-3-12)16-10-11-19-17(21-16)20-15-8-6-14(18)7-9-15/h2-11H,1H3,(H,19,20,21). The number of aryl methyl sites for hydroxylation is 1. The summed E-state index contributed by atoms with van der Waals surface area (Å²) in [6.45, 7) is 2.07. The molecule has 1 heterocycles. The molecule has 2 aromatic carbocycles. The number of nitrogens with zero attached hydrogens (tertiary/aromatic N) is 2. The number of aromatic nitrogens is 2. The third-order valence-corrected chi connectivity index (χ3v) is 3.36. The van der Waals surface area contributed by atoms with Gasteiger partial charge in [0, 0.05) is 22.5 Å². The van der Waals surface area contributed by atoms with Crippen LogP contribution in [0.3, 0.4) is 0 Å². The minimum Gasteiger partial charge on any atom is -0.324 e. The Morgan fingerprint density at radius 3 is 2.33 bits per heavy atom. The lowest BCUT2D eigenvalue weighted by Crippen LogP contribution is -1.97. The van der Waals surface area contributed by atoms with Gasteiger partial charge >= 0.3 is 0 Å². The average Bonchev–Trinajstić information content (AvgIpc) is 2.51. The molecule has 3 aromatic rings. The molecule has 0 radical (unpaired) electrons. The van der Waals surface area contributed by atoms with E-state index in [9.17, 15) is 0 Å². The lowest BCUT2D eigenvalue weighted by molar-refractivity contribution is 1.17. The van der Waals surface area contributed by atoms with E-state index < -0.39 is 0 Å². The Balaban J connectivity index is 1.86. The lowest BCUT2D eigenvalue weighted by atomic mass is 10.1. The van der Waals surface area contributed by atoms with Gasteiger partial charge in [0.15, 0.2) is 0 Å². The summed E-state index contributed by atoms with van der Waals surface area (Å²) in [5, 5.41) is 3.88. The van der Waals surface area contributed by atoms with E-state index in [4.69, 9.17) is 11.6 Å². The van der Waals surface area contributed by atoms with Crippen LogP contribution in [0.4, 0.5) is 11.6 Å². The van der Waals surface area contributed by atoms with Crippen molar-refractivity contribution < 1.29 is 0 Å². The van der Waals surface area contributed by atoms with Crippen molar-refractivity contribution in [3.63, 3.8) is 0 Å². The van der Waals surface area contributed by atoms with Crippen LogP contribution in [0.15, 0.2) is 60.8 Å². The molecule has 0 fully saturated rings. The molecular weight excluding hydrogens is 282 g/mol. The van der Waals surface area contributed by atoms with E-state index >= 15 is 0 Å². The van der Waals surface area contributed by atoms with E-state index in [1.807, 2.05) is 30.3 Å². The summed E-state index contributed by atoms with van der Waals surface area (Å²) in [4.78, 5) is 8.78. The molecule has 21 heavy (non-hydrogen) atoms. The average molecular weight is 296 g/mol. The summed E-state index contributed by atoms with van der Waals surface area (Å²) in [6.07, 6.45) is 1.75. The third-order valence-electron chi connectivity index (χ3n) is 3.10. The molecule has 104 valence electrons. The molecule has 3 nitrogen and oxygen atoms in total. The van der Waals surface area contributed by atoms with Gasteiger partial charge in [-0.25, -0.2) is 9.97 Å². The second kappa shape index (κ2) is 5.94. The van der Waals surface area contributed by atoms with Crippen LogP contribution in [0.2, 0.25) is 5.02 Å². The van der Waals surface area contributed by atoms with Gasteiger partial charge in [-0.3, -0.25) is 0 Å². The van der Waals surface area contributed by atoms with Crippen molar-refractivity contribution in [2.24, 2.45) is 0 Å². The number of hydrogen-bond acceptors (Lipinski definition) is 3. The van der Waals surface area contributed by atoms with Crippen LogP contribution in [0.5, 0.6) is 0 Å². The molecule has 0 atom stereocenters. The molecule has 4 heteroatoms. The molecule has 1 aromatic heterocycles. The van der Waals surface area contributed by atoms with Crippen molar-refractivity contribution in [1.82, 2.24) is 9.97 Å². The first-order chi connectivity index (χ1) is 10.2. The highest BCUT2D eigenvalue weighted by Crippen LogP contribution is 2.20. The zero-order valence-corrected chi connectivity index (χ0v) is 12.3. The van der Waals surface area contributed by atoms with Crippen molar-refractivity contribution in [3.05, 3.63) is 71.4 Å². The highest BCUT2D eigenvalue weighted by molar-refractivity contribution is 6.30.